The predicted octanol–water partition coefficient (Wildman–Crippen LogP) is 2.76. The first-order valence-electron chi connectivity index (χ1n) is 6.34. The Morgan fingerprint density at radius 1 is 1.21 bits per heavy atom. The van der Waals surface area contributed by atoms with Crippen molar-refractivity contribution in [3.63, 3.8) is 0 Å². The van der Waals surface area contributed by atoms with Crippen LogP contribution < -0.4 is 15.8 Å². The van der Waals surface area contributed by atoms with Crippen LogP contribution in [0.5, 0.6) is 5.75 Å². The lowest BCUT2D eigenvalue weighted by Gasteiger charge is -2.14. The summed E-state index contributed by atoms with van der Waals surface area (Å²) in [7, 11) is 0. The standard InChI is InChI=1S/C14H18N4O/c1-3-10-13(15)16-9-17-14(10)18-11-7-5-6-8-12(11)19-4-2/h5-9H,3-4H2,1-2H3,(H3,15,16,17,18). The molecule has 0 saturated carbocycles. The number of para-hydroxylation sites is 2. The molecule has 0 aliphatic rings. The SMILES string of the molecule is CCOc1ccccc1Nc1ncnc(N)c1CC. The normalized spacial score (nSPS) is 10.2. The van der Waals surface area contributed by atoms with Gasteiger partial charge in [0.1, 0.15) is 23.7 Å². The van der Waals surface area contributed by atoms with Gasteiger partial charge in [-0.25, -0.2) is 9.97 Å². The van der Waals surface area contributed by atoms with Crippen LogP contribution in [0.4, 0.5) is 17.3 Å². The zero-order valence-electron chi connectivity index (χ0n) is 11.2. The molecule has 0 atom stereocenters. The molecule has 0 fully saturated rings. The number of ether oxygens (including phenoxy) is 1. The number of nitrogens with zero attached hydrogens (tertiary/aromatic N) is 2. The lowest BCUT2D eigenvalue weighted by atomic mass is 10.2. The molecule has 5 heteroatoms. The van der Waals surface area contributed by atoms with Gasteiger partial charge in [-0.2, -0.15) is 0 Å². The first kappa shape index (κ1) is 13.1. The van der Waals surface area contributed by atoms with Crippen LogP contribution in [0.15, 0.2) is 30.6 Å². The van der Waals surface area contributed by atoms with Gasteiger partial charge in [0.25, 0.3) is 0 Å². The maximum Gasteiger partial charge on any atom is 0.142 e. The summed E-state index contributed by atoms with van der Waals surface area (Å²) in [4.78, 5) is 8.26. The Morgan fingerprint density at radius 2 is 2.00 bits per heavy atom. The highest BCUT2D eigenvalue weighted by Crippen LogP contribution is 2.29. The van der Waals surface area contributed by atoms with E-state index in [0.717, 1.165) is 29.2 Å². The Kier molecular flexibility index (Phi) is 4.18. The van der Waals surface area contributed by atoms with Gasteiger partial charge in [0.2, 0.25) is 0 Å². The summed E-state index contributed by atoms with van der Waals surface area (Å²) in [6.45, 7) is 4.59. The van der Waals surface area contributed by atoms with Crippen molar-refractivity contribution >= 4 is 17.3 Å². The Hall–Kier alpha value is -2.30. The highest BCUT2D eigenvalue weighted by atomic mass is 16.5. The minimum absolute atomic E-state index is 0.508. The Morgan fingerprint density at radius 3 is 2.74 bits per heavy atom. The first-order chi connectivity index (χ1) is 9.26. The van der Waals surface area contributed by atoms with E-state index in [1.54, 1.807) is 0 Å². The van der Waals surface area contributed by atoms with Gasteiger partial charge in [-0.15, -0.1) is 0 Å². The number of rotatable bonds is 5. The topological polar surface area (TPSA) is 73.1 Å². The van der Waals surface area contributed by atoms with E-state index in [9.17, 15) is 0 Å². The van der Waals surface area contributed by atoms with Gasteiger partial charge in [-0.3, -0.25) is 0 Å². The van der Waals surface area contributed by atoms with E-state index in [1.165, 1.54) is 6.33 Å². The summed E-state index contributed by atoms with van der Waals surface area (Å²) in [6, 6.07) is 7.75. The number of benzene rings is 1. The number of nitrogens with two attached hydrogens (primary N) is 1. The second kappa shape index (κ2) is 6.04. The fourth-order valence-corrected chi connectivity index (χ4v) is 1.86. The lowest BCUT2D eigenvalue weighted by molar-refractivity contribution is 0.342. The smallest absolute Gasteiger partial charge is 0.142 e. The molecule has 5 nitrogen and oxygen atoms in total. The fraction of sp³-hybridized carbons (Fsp3) is 0.286. The van der Waals surface area contributed by atoms with E-state index in [1.807, 2.05) is 38.1 Å². The Bertz CT molecular complexity index is 557. The predicted molar refractivity (Wildman–Crippen MR) is 76.7 cm³/mol. The van der Waals surface area contributed by atoms with Crippen molar-refractivity contribution in [1.82, 2.24) is 9.97 Å². The largest absolute Gasteiger partial charge is 0.492 e. The molecule has 0 saturated heterocycles. The minimum Gasteiger partial charge on any atom is -0.492 e. The third-order valence-corrected chi connectivity index (χ3v) is 2.77. The number of nitrogens with one attached hydrogen (secondary N) is 1. The molecule has 1 aromatic carbocycles. The van der Waals surface area contributed by atoms with E-state index < -0.39 is 0 Å². The van der Waals surface area contributed by atoms with Gasteiger partial charge in [0, 0.05) is 5.56 Å². The first-order valence-corrected chi connectivity index (χ1v) is 6.34. The monoisotopic (exact) mass is 258 g/mol. The second-order valence-corrected chi connectivity index (χ2v) is 3.99. The maximum absolute atomic E-state index is 5.86. The summed E-state index contributed by atoms with van der Waals surface area (Å²) in [5.74, 6) is 2.03. The molecule has 0 spiro atoms. The molecule has 0 bridgehead atoms. The Balaban J connectivity index is 2.33. The van der Waals surface area contributed by atoms with Crippen molar-refractivity contribution in [1.29, 1.82) is 0 Å². The van der Waals surface area contributed by atoms with Crippen LogP contribution in [0.2, 0.25) is 0 Å². The lowest BCUT2D eigenvalue weighted by Crippen LogP contribution is -2.05. The highest BCUT2D eigenvalue weighted by Gasteiger charge is 2.09. The fourth-order valence-electron chi connectivity index (χ4n) is 1.86. The average Bonchev–Trinajstić information content (AvgIpc) is 2.41. The number of nitrogen functional groups attached to an aromatic ring is 1. The quantitative estimate of drug-likeness (QED) is 0.862. The van der Waals surface area contributed by atoms with Crippen LogP contribution in [-0.2, 0) is 6.42 Å². The molecule has 1 heterocycles. The molecular weight excluding hydrogens is 240 g/mol. The summed E-state index contributed by atoms with van der Waals surface area (Å²) < 4.78 is 5.58. The Labute approximate surface area is 112 Å². The van der Waals surface area contributed by atoms with Crippen molar-refractivity contribution < 1.29 is 4.74 Å². The third kappa shape index (κ3) is 2.93. The van der Waals surface area contributed by atoms with Crippen LogP contribution in [-0.4, -0.2) is 16.6 Å². The molecule has 0 radical (unpaired) electrons. The molecule has 0 aliphatic carbocycles. The second-order valence-electron chi connectivity index (χ2n) is 3.99. The van der Waals surface area contributed by atoms with Gasteiger partial charge in [-0.1, -0.05) is 19.1 Å². The molecule has 2 aromatic rings. The molecule has 0 unspecified atom stereocenters. The zero-order chi connectivity index (χ0) is 13.7. The minimum atomic E-state index is 0.508. The van der Waals surface area contributed by atoms with Crippen molar-refractivity contribution in [2.45, 2.75) is 20.3 Å². The van der Waals surface area contributed by atoms with Gasteiger partial charge in [0.15, 0.2) is 0 Å². The molecule has 2 rings (SSSR count). The molecule has 1 aromatic heterocycles. The van der Waals surface area contributed by atoms with Crippen molar-refractivity contribution in [2.24, 2.45) is 0 Å². The molecule has 3 N–H and O–H groups in total. The van der Waals surface area contributed by atoms with E-state index in [4.69, 9.17) is 10.5 Å². The van der Waals surface area contributed by atoms with Crippen LogP contribution >= 0.6 is 0 Å². The zero-order valence-corrected chi connectivity index (χ0v) is 11.2. The van der Waals surface area contributed by atoms with Gasteiger partial charge in [-0.05, 0) is 25.5 Å². The van der Waals surface area contributed by atoms with Crippen LogP contribution in [0, 0.1) is 0 Å². The molecule has 0 aliphatic heterocycles. The molecule has 0 amide bonds. The van der Waals surface area contributed by atoms with E-state index in [-0.39, 0.29) is 0 Å². The van der Waals surface area contributed by atoms with Crippen LogP contribution in [0.3, 0.4) is 0 Å². The van der Waals surface area contributed by atoms with Crippen LogP contribution in [0.25, 0.3) is 0 Å². The summed E-state index contributed by atoms with van der Waals surface area (Å²) in [6.07, 6.45) is 2.23. The summed E-state index contributed by atoms with van der Waals surface area (Å²) >= 11 is 0. The van der Waals surface area contributed by atoms with Crippen molar-refractivity contribution in [3.8, 4) is 5.75 Å². The maximum atomic E-state index is 5.86. The van der Waals surface area contributed by atoms with Gasteiger partial charge >= 0.3 is 0 Å². The van der Waals surface area contributed by atoms with Crippen LogP contribution in [0.1, 0.15) is 19.4 Å². The molecule has 19 heavy (non-hydrogen) atoms. The highest BCUT2D eigenvalue weighted by molar-refractivity contribution is 5.68. The van der Waals surface area contributed by atoms with E-state index >= 15 is 0 Å². The summed E-state index contributed by atoms with van der Waals surface area (Å²) in [5.41, 5.74) is 7.64. The van der Waals surface area contributed by atoms with Gasteiger partial charge < -0.3 is 15.8 Å². The number of aromatic nitrogens is 2. The molecular formula is C14H18N4O. The van der Waals surface area contributed by atoms with Crippen molar-refractivity contribution in [2.75, 3.05) is 17.7 Å². The number of hydrogen-bond donors (Lipinski definition) is 2. The number of hydrogen-bond acceptors (Lipinski definition) is 5. The van der Waals surface area contributed by atoms with Gasteiger partial charge in [0.05, 0.1) is 12.3 Å². The average molecular weight is 258 g/mol. The van der Waals surface area contributed by atoms with E-state index in [2.05, 4.69) is 15.3 Å². The molecule has 100 valence electrons. The summed E-state index contributed by atoms with van der Waals surface area (Å²) in [5, 5.41) is 3.26. The van der Waals surface area contributed by atoms with Crippen molar-refractivity contribution in [3.05, 3.63) is 36.2 Å². The number of anilines is 3. The van der Waals surface area contributed by atoms with E-state index in [0.29, 0.717) is 12.4 Å². The third-order valence-electron chi connectivity index (χ3n) is 2.77.